The first-order chi connectivity index (χ1) is 15.2. The fourth-order valence-corrected chi connectivity index (χ4v) is 3.55. The number of pyridine rings is 1. The SMILES string of the molecule is O=C(CC(C#Cc1ccc(Cl)cc1)Cc1ccccc1)Nc1cccc2cccnc12. The Morgan fingerprint density at radius 1 is 0.935 bits per heavy atom. The smallest absolute Gasteiger partial charge is 0.225 e. The molecule has 4 aromatic rings. The lowest BCUT2D eigenvalue weighted by Crippen LogP contribution is -2.17. The fourth-order valence-electron chi connectivity index (χ4n) is 3.42. The van der Waals surface area contributed by atoms with Crippen LogP contribution in [0.15, 0.2) is 91.1 Å². The number of benzene rings is 3. The number of para-hydroxylation sites is 1. The first-order valence-electron chi connectivity index (χ1n) is 10.1. The number of fused-ring (bicyclic) bond motifs is 1. The Morgan fingerprint density at radius 2 is 1.71 bits per heavy atom. The first kappa shape index (κ1) is 20.7. The molecule has 1 heterocycles. The quantitative estimate of drug-likeness (QED) is 0.392. The summed E-state index contributed by atoms with van der Waals surface area (Å²) in [5.74, 6) is 6.28. The van der Waals surface area contributed by atoms with Crippen LogP contribution in [-0.2, 0) is 11.2 Å². The lowest BCUT2D eigenvalue weighted by molar-refractivity contribution is -0.116. The molecule has 0 saturated heterocycles. The molecule has 0 fully saturated rings. The summed E-state index contributed by atoms with van der Waals surface area (Å²) in [5, 5.41) is 4.69. The van der Waals surface area contributed by atoms with Crippen LogP contribution < -0.4 is 5.32 Å². The Morgan fingerprint density at radius 3 is 2.52 bits per heavy atom. The minimum absolute atomic E-state index is 0.0792. The van der Waals surface area contributed by atoms with E-state index in [-0.39, 0.29) is 11.8 Å². The molecule has 0 aliphatic rings. The number of carbonyl (C=O) groups is 1. The van der Waals surface area contributed by atoms with Crippen molar-refractivity contribution < 1.29 is 4.79 Å². The zero-order chi connectivity index (χ0) is 21.5. The molecule has 1 N–H and O–H groups in total. The molecule has 3 nitrogen and oxygen atoms in total. The van der Waals surface area contributed by atoms with E-state index in [4.69, 9.17) is 11.6 Å². The van der Waals surface area contributed by atoms with Crippen molar-refractivity contribution in [3.05, 3.63) is 107 Å². The van der Waals surface area contributed by atoms with Crippen molar-refractivity contribution in [3.8, 4) is 11.8 Å². The van der Waals surface area contributed by atoms with Crippen molar-refractivity contribution in [2.45, 2.75) is 12.8 Å². The van der Waals surface area contributed by atoms with Gasteiger partial charge >= 0.3 is 0 Å². The van der Waals surface area contributed by atoms with Gasteiger partial charge in [0.05, 0.1) is 11.2 Å². The highest BCUT2D eigenvalue weighted by atomic mass is 35.5. The Balaban J connectivity index is 1.53. The topological polar surface area (TPSA) is 42.0 Å². The molecule has 0 aliphatic carbocycles. The minimum atomic E-state index is -0.124. The van der Waals surface area contributed by atoms with Crippen molar-refractivity contribution in [1.82, 2.24) is 4.98 Å². The van der Waals surface area contributed by atoms with Gasteiger partial charge in [-0.15, -0.1) is 0 Å². The van der Waals surface area contributed by atoms with Crippen LogP contribution in [0, 0.1) is 17.8 Å². The van der Waals surface area contributed by atoms with E-state index in [1.54, 1.807) is 6.20 Å². The van der Waals surface area contributed by atoms with Gasteiger partial charge in [0.2, 0.25) is 5.91 Å². The van der Waals surface area contributed by atoms with Gasteiger partial charge in [-0.3, -0.25) is 9.78 Å². The van der Waals surface area contributed by atoms with Gasteiger partial charge in [-0.2, -0.15) is 0 Å². The van der Waals surface area contributed by atoms with Gasteiger partial charge in [0, 0.05) is 34.5 Å². The third-order valence-corrected chi connectivity index (χ3v) is 5.18. The van der Waals surface area contributed by atoms with E-state index in [9.17, 15) is 4.79 Å². The summed E-state index contributed by atoms with van der Waals surface area (Å²) in [6.07, 6.45) is 2.72. The summed E-state index contributed by atoms with van der Waals surface area (Å²) in [7, 11) is 0. The predicted octanol–water partition coefficient (Wildman–Crippen LogP) is 6.13. The van der Waals surface area contributed by atoms with Gasteiger partial charge < -0.3 is 5.32 Å². The summed E-state index contributed by atoms with van der Waals surface area (Å²) >= 11 is 5.96. The van der Waals surface area contributed by atoms with Crippen molar-refractivity contribution in [1.29, 1.82) is 0 Å². The summed E-state index contributed by atoms with van der Waals surface area (Å²) < 4.78 is 0. The maximum absolute atomic E-state index is 12.9. The molecule has 1 unspecified atom stereocenters. The lowest BCUT2D eigenvalue weighted by Gasteiger charge is -2.12. The number of nitrogens with zero attached hydrogens (tertiary/aromatic N) is 1. The molecule has 0 spiro atoms. The average molecular weight is 425 g/mol. The number of nitrogens with one attached hydrogen (secondary N) is 1. The van der Waals surface area contributed by atoms with Crippen LogP contribution in [0.5, 0.6) is 0 Å². The van der Waals surface area contributed by atoms with Gasteiger partial charge in [0.15, 0.2) is 0 Å². The van der Waals surface area contributed by atoms with E-state index < -0.39 is 0 Å². The summed E-state index contributed by atoms with van der Waals surface area (Å²) in [4.78, 5) is 17.3. The molecular formula is C27H21ClN2O. The number of hydrogen-bond donors (Lipinski definition) is 1. The monoisotopic (exact) mass is 424 g/mol. The molecule has 31 heavy (non-hydrogen) atoms. The van der Waals surface area contributed by atoms with Crippen LogP contribution >= 0.6 is 11.6 Å². The second-order valence-electron chi connectivity index (χ2n) is 7.30. The molecule has 3 aromatic carbocycles. The van der Waals surface area contributed by atoms with Gasteiger partial charge in [-0.25, -0.2) is 0 Å². The van der Waals surface area contributed by atoms with Crippen LogP contribution in [0.2, 0.25) is 5.02 Å². The first-order valence-corrected chi connectivity index (χ1v) is 10.5. The molecule has 0 bridgehead atoms. The van der Waals surface area contributed by atoms with E-state index in [1.807, 2.05) is 72.8 Å². The van der Waals surface area contributed by atoms with Crippen molar-refractivity contribution in [3.63, 3.8) is 0 Å². The van der Waals surface area contributed by atoms with Crippen molar-refractivity contribution in [2.24, 2.45) is 5.92 Å². The molecule has 152 valence electrons. The van der Waals surface area contributed by atoms with Gasteiger partial charge in [0.25, 0.3) is 0 Å². The van der Waals surface area contributed by atoms with Crippen LogP contribution in [0.4, 0.5) is 5.69 Å². The Hall–Kier alpha value is -3.61. The molecule has 1 amide bonds. The summed E-state index contributed by atoms with van der Waals surface area (Å²) in [5.41, 5.74) is 3.52. The van der Waals surface area contributed by atoms with Crippen LogP contribution in [0.3, 0.4) is 0 Å². The van der Waals surface area contributed by atoms with Crippen LogP contribution in [-0.4, -0.2) is 10.9 Å². The van der Waals surface area contributed by atoms with Crippen LogP contribution in [0.1, 0.15) is 17.5 Å². The third kappa shape index (κ3) is 5.72. The molecule has 1 aromatic heterocycles. The number of hydrogen-bond acceptors (Lipinski definition) is 2. The second kappa shape index (κ2) is 9.93. The Kier molecular flexibility index (Phi) is 6.62. The van der Waals surface area contributed by atoms with Gasteiger partial charge in [0.1, 0.15) is 0 Å². The number of halogens is 1. The number of amides is 1. The molecule has 1 atom stereocenters. The van der Waals surface area contributed by atoms with Crippen LogP contribution in [0.25, 0.3) is 10.9 Å². The lowest BCUT2D eigenvalue weighted by atomic mass is 9.95. The predicted molar refractivity (Wildman–Crippen MR) is 127 cm³/mol. The summed E-state index contributed by atoms with van der Waals surface area (Å²) in [6, 6.07) is 27.1. The Labute approximate surface area is 187 Å². The highest BCUT2D eigenvalue weighted by molar-refractivity contribution is 6.30. The zero-order valence-corrected chi connectivity index (χ0v) is 17.6. The standard InChI is InChI=1S/C27H21ClN2O/c28-24-15-13-20(14-16-24)11-12-22(18-21-6-2-1-3-7-21)19-26(31)30-25-10-4-8-23-9-5-17-29-27(23)25/h1-10,13-17,22H,18-19H2,(H,30,31). The fraction of sp³-hybridized carbons (Fsp3) is 0.111. The highest BCUT2D eigenvalue weighted by Crippen LogP contribution is 2.22. The van der Waals surface area contributed by atoms with E-state index in [0.717, 1.165) is 22.0 Å². The molecule has 0 saturated carbocycles. The summed E-state index contributed by atoms with van der Waals surface area (Å²) in [6.45, 7) is 0. The largest absolute Gasteiger partial charge is 0.324 e. The third-order valence-electron chi connectivity index (χ3n) is 4.93. The molecular weight excluding hydrogens is 404 g/mol. The minimum Gasteiger partial charge on any atom is -0.324 e. The number of aromatic nitrogens is 1. The maximum Gasteiger partial charge on any atom is 0.225 e. The molecule has 0 aliphatic heterocycles. The van der Waals surface area contributed by atoms with E-state index in [0.29, 0.717) is 23.6 Å². The zero-order valence-electron chi connectivity index (χ0n) is 16.9. The molecule has 4 heteroatoms. The van der Waals surface area contributed by atoms with E-state index in [2.05, 4.69) is 34.3 Å². The average Bonchev–Trinajstić information content (AvgIpc) is 2.79. The van der Waals surface area contributed by atoms with Crippen molar-refractivity contribution >= 4 is 34.1 Å². The maximum atomic E-state index is 12.9. The number of carbonyl (C=O) groups excluding carboxylic acids is 1. The highest BCUT2D eigenvalue weighted by Gasteiger charge is 2.14. The molecule has 4 rings (SSSR count). The van der Waals surface area contributed by atoms with Gasteiger partial charge in [-0.1, -0.05) is 72.0 Å². The Bertz CT molecular complexity index is 1240. The normalized spacial score (nSPS) is 11.4. The second-order valence-corrected chi connectivity index (χ2v) is 7.73. The molecule has 0 radical (unpaired) electrons. The van der Waals surface area contributed by atoms with Gasteiger partial charge in [-0.05, 0) is 48.4 Å². The van der Waals surface area contributed by atoms with E-state index >= 15 is 0 Å². The number of anilines is 1. The van der Waals surface area contributed by atoms with Crippen molar-refractivity contribution in [2.75, 3.05) is 5.32 Å². The van der Waals surface area contributed by atoms with E-state index in [1.165, 1.54) is 0 Å². The number of rotatable bonds is 5.